The Morgan fingerprint density at radius 1 is 1.08 bits per heavy atom. The summed E-state index contributed by atoms with van der Waals surface area (Å²) in [5, 5.41) is 3.67. The number of carbonyl (C=O) groups is 1. The van der Waals surface area contributed by atoms with E-state index < -0.39 is 0 Å². The highest BCUT2D eigenvalue weighted by atomic mass is 35.5. The number of nitrogens with one attached hydrogen (secondary N) is 1. The number of piperazine rings is 1. The Hall–Kier alpha value is -2.11. The fourth-order valence-corrected chi connectivity index (χ4v) is 2.88. The minimum Gasteiger partial charge on any atom is -0.334 e. The summed E-state index contributed by atoms with van der Waals surface area (Å²) in [5.74, 6) is 0. The average Bonchev–Trinajstić information content (AvgIpc) is 2.62. The Morgan fingerprint density at radius 2 is 1.83 bits per heavy atom. The predicted octanol–water partition coefficient (Wildman–Crippen LogP) is 2.76. The molecule has 1 fully saturated rings. The van der Waals surface area contributed by atoms with Gasteiger partial charge in [-0.05, 0) is 29.3 Å². The lowest BCUT2D eigenvalue weighted by atomic mass is 10.2. The van der Waals surface area contributed by atoms with Gasteiger partial charge in [0.1, 0.15) is 0 Å². The van der Waals surface area contributed by atoms with Crippen LogP contribution >= 0.6 is 11.6 Å². The Bertz CT molecular complexity index is 654. The largest absolute Gasteiger partial charge is 0.334 e. The van der Waals surface area contributed by atoms with Gasteiger partial charge in [-0.15, -0.1) is 0 Å². The van der Waals surface area contributed by atoms with E-state index in [4.69, 9.17) is 11.6 Å². The van der Waals surface area contributed by atoms with Gasteiger partial charge in [0.2, 0.25) is 0 Å². The van der Waals surface area contributed by atoms with Crippen molar-refractivity contribution in [3.63, 3.8) is 0 Å². The van der Waals surface area contributed by atoms with Gasteiger partial charge in [0, 0.05) is 56.7 Å². The normalized spacial score (nSPS) is 15.3. The number of rotatable bonds is 4. The van der Waals surface area contributed by atoms with E-state index in [1.54, 1.807) is 6.20 Å². The minimum atomic E-state index is -0.00835. The van der Waals surface area contributed by atoms with Crippen LogP contribution in [-0.4, -0.2) is 47.0 Å². The van der Waals surface area contributed by atoms with Gasteiger partial charge >= 0.3 is 6.03 Å². The Morgan fingerprint density at radius 3 is 2.50 bits per heavy atom. The van der Waals surface area contributed by atoms with Gasteiger partial charge in [-0.1, -0.05) is 29.8 Å². The Kier molecular flexibility index (Phi) is 5.67. The zero-order chi connectivity index (χ0) is 16.8. The molecule has 0 spiro atoms. The van der Waals surface area contributed by atoms with E-state index in [2.05, 4.69) is 21.3 Å². The number of hydrogen-bond donors (Lipinski definition) is 1. The van der Waals surface area contributed by atoms with Crippen LogP contribution in [0.1, 0.15) is 11.1 Å². The van der Waals surface area contributed by atoms with E-state index in [1.807, 2.05) is 41.4 Å². The summed E-state index contributed by atoms with van der Waals surface area (Å²) in [6.07, 6.45) is 3.68. The quantitative estimate of drug-likeness (QED) is 0.927. The van der Waals surface area contributed by atoms with Crippen LogP contribution in [0.15, 0.2) is 48.8 Å². The van der Waals surface area contributed by atoms with E-state index in [0.717, 1.165) is 38.3 Å². The van der Waals surface area contributed by atoms with Crippen LogP contribution in [-0.2, 0) is 13.1 Å². The molecule has 1 N–H and O–H groups in total. The maximum absolute atomic E-state index is 12.3. The number of benzene rings is 1. The fraction of sp³-hybridized carbons (Fsp3) is 0.333. The molecule has 126 valence electrons. The molecule has 0 aliphatic carbocycles. The van der Waals surface area contributed by atoms with Crippen LogP contribution in [0.25, 0.3) is 0 Å². The third-order valence-electron chi connectivity index (χ3n) is 4.15. The topological polar surface area (TPSA) is 48.5 Å². The minimum absolute atomic E-state index is 0.00835. The summed E-state index contributed by atoms with van der Waals surface area (Å²) >= 11 is 5.86. The van der Waals surface area contributed by atoms with Crippen LogP contribution in [0.3, 0.4) is 0 Å². The van der Waals surface area contributed by atoms with Gasteiger partial charge in [0.25, 0.3) is 0 Å². The van der Waals surface area contributed by atoms with Crippen molar-refractivity contribution in [1.82, 2.24) is 20.1 Å². The lowest BCUT2D eigenvalue weighted by molar-refractivity contribution is 0.135. The maximum atomic E-state index is 12.3. The van der Waals surface area contributed by atoms with Crippen LogP contribution in [0.4, 0.5) is 4.79 Å². The highest BCUT2D eigenvalue weighted by Gasteiger charge is 2.20. The second-order valence-electron chi connectivity index (χ2n) is 5.91. The molecular formula is C18H21ClN4O. The first-order chi connectivity index (χ1) is 11.7. The van der Waals surface area contributed by atoms with Crippen LogP contribution < -0.4 is 5.32 Å². The number of nitrogens with zero attached hydrogens (tertiary/aromatic N) is 3. The van der Waals surface area contributed by atoms with Gasteiger partial charge in [0.15, 0.2) is 0 Å². The molecule has 3 rings (SSSR count). The van der Waals surface area contributed by atoms with E-state index >= 15 is 0 Å². The molecule has 0 unspecified atom stereocenters. The van der Waals surface area contributed by atoms with Gasteiger partial charge < -0.3 is 10.2 Å². The first-order valence-electron chi connectivity index (χ1n) is 8.09. The number of aromatic nitrogens is 1. The van der Waals surface area contributed by atoms with Gasteiger partial charge in [-0.3, -0.25) is 9.88 Å². The van der Waals surface area contributed by atoms with Crippen molar-refractivity contribution >= 4 is 17.6 Å². The predicted molar refractivity (Wildman–Crippen MR) is 94.8 cm³/mol. The molecule has 0 atom stereocenters. The van der Waals surface area contributed by atoms with E-state index in [1.165, 1.54) is 5.56 Å². The molecule has 0 bridgehead atoms. The maximum Gasteiger partial charge on any atom is 0.317 e. The number of pyridine rings is 1. The van der Waals surface area contributed by atoms with Crippen molar-refractivity contribution in [2.24, 2.45) is 0 Å². The van der Waals surface area contributed by atoms with Crippen molar-refractivity contribution in [3.8, 4) is 0 Å². The molecule has 24 heavy (non-hydrogen) atoms. The molecule has 2 heterocycles. The first kappa shape index (κ1) is 16.7. The monoisotopic (exact) mass is 344 g/mol. The first-order valence-corrected chi connectivity index (χ1v) is 8.47. The van der Waals surface area contributed by atoms with Gasteiger partial charge in [-0.25, -0.2) is 4.79 Å². The number of urea groups is 1. The summed E-state index contributed by atoms with van der Waals surface area (Å²) in [6, 6.07) is 11.5. The highest BCUT2D eigenvalue weighted by Crippen LogP contribution is 2.10. The van der Waals surface area contributed by atoms with Crippen molar-refractivity contribution in [3.05, 3.63) is 64.9 Å². The molecular weight excluding hydrogens is 324 g/mol. The number of carbonyl (C=O) groups excluding carboxylic acids is 1. The van der Waals surface area contributed by atoms with Crippen molar-refractivity contribution in [2.75, 3.05) is 26.2 Å². The zero-order valence-electron chi connectivity index (χ0n) is 13.5. The number of amides is 2. The number of halogens is 1. The molecule has 1 saturated heterocycles. The Labute approximate surface area is 147 Å². The second-order valence-corrected chi connectivity index (χ2v) is 6.35. The molecule has 0 radical (unpaired) electrons. The highest BCUT2D eigenvalue weighted by molar-refractivity contribution is 6.30. The standard InChI is InChI=1S/C18H21ClN4O/c19-17-5-3-15(4-6-17)13-21-18(24)23-10-8-22(9-11-23)14-16-2-1-7-20-12-16/h1-7,12H,8-11,13-14H2,(H,21,24). The molecule has 6 heteroatoms. The molecule has 1 aliphatic heterocycles. The fourth-order valence-electron chi connectivity index (χ4n) is 2.75. The van der Waals surface area contributed by atoms with E-state index in [0.29, 0.717) is 11.6 Å². The van der Waals surface area contributed by atoms with Crippen LogP contribution in [0.2, 0.25) is 5.02 Å². The van der Waals surface area contributed by atoms with E-state index in [-0.39, 0.29) is 6.03 Å². The molecule has 1 aromatic heterocycles. The van der Waals surface area contributed by atoms with E-state index in [9.17, 15) is 4.79 Å². The summed E-state index contributed by atoms with van der Waals surface area (Å²) in [5.41, 5.74) is 2.25. The average molecular weight is 345 g/mol. The van der Waals surface area contributed by atoms with Crippen LogP contribution in [0, 0.1) is 0 Å². The summed E-state index contributed by atoms with van der Waals surface area (Å²) < 4.78 is 0. The third kappa shape index (κ3) is 4.69. The van der Waals surface area contributed by atoms with Crippen molar-refractivity contribution in [1.29, 1.82) is 0 Å². The molecule has 0 saturated carbocycles. The Balaban J connectivity index is 1.42. The summed E-state index contributed by atoms with van der Waals surface area (Å²) in [4.78, 5) is 20.6. The summed E-state index contributed by atoms with van der Waals surface area (Å²) in [6.45, 7) is 4.64. The molecule has 5 nitrogen and oxygen atoms in total. The van der Waals surface area contributed by atoms with Crippen molar-refractivity contribution in [2.45, 2.75) is 13.1 Å². The number of hydrogen-bond acceptors (Lipinski definition) is 3. The van der Waals surface area contributed by atoms with Crippen molar-refractivity contribution < 1.29 is 4.79 Å². The van der Waals surface area contributed by atoms with Gasteiger partial charge in [0.05, 0.1) is 0 Å². The molecule has 2 amide bonds. The molecule has 1 aliphatic rings. The van der Waals surface area contributed by atoms with Crippen LogP contribution in [0.5, 0.6) is 0 Å². The summed E-state index contributed by atoms with van der Waals surface area (Å²) in [7, 11) is 0. The lowest BCUT2D eigenvalue weighted by Gasteiger charge is -2.34. The molecule has 1 aromatic carbocycles. The molecule has 2 aromatic rings. The second kappa shape index (κ2) is 8.13. The smallest absolute Gasteiger partial charge is 0.317 e. The lowest BCUT2D eigenvalue weighted by Crippen LogP contribution is -2.51. The van der Waals surface area contributed by atoms with Gasteiger partial charge in [-0.2, -0.15) is 0 Å². The third-order valence-corrected chi connectivity index (χ3v) is 4.40. The SMILES string of the molecule is O=C(NCc1ccc(Cl)cc1)N1CCN(Cc2cccnc2)CC1. The zero-order valence-corrected chi connectivity index (χ0v) is 14.2.